The second-order valence-corrected chi connectivity index (χ2v) is 5.08. The Balaban J connectivity index is 2.72. The summed E-state index contributed by atoms with van der Waals surface area (Å²) in [6.07, 6.45) is 0. The minimum atomic E-state index is -0.651. The molecule has 0 atom stereocenters. The third kappa shape index (κ3) is 3.38. The molecule has 108 valence electrons. The molecule has 2 aromatic carbocycles. The standard InChI is InChI=1S/C16H13Cl2NO2/c1-21-15(16(19)20)14(10-5-3-2-4-6-10)11-7-8-12(17)13(18)9-11/h2-9H,1H3,(H2,19,20). The fourth-order valence-electron chi connectivity index (χ4n) is 2.01. The van der Waals surface area contributed by atoms with E-state index < -0.39 is 5.91 Å². The molecule has 1 amide bonds. The molecule has 0 radical (unpaired) electrons. The maximum Gasteiger partial charge on any atom is 0.284 e. The molecular weight excluding hydrogens is 309 g/mol. The largest absolute Gasteiger partial charge is 0.491 e. The van der Waals surface area contributed by atoms with Crippen LogP contribution in [0.15, 0.2) is 54.3 Å². The number of hydrogen-bond donors (Lipinski definition) is 1. The number of methoxy groups -OCH3 is 1. The first-order valence-corrected chi connectivity index (χ1v) is 6.89. The van der Waals surface area contributed by atoms with Gasteiger partial charge in [0.05, 0.1) is 17.2 Å². The van der Waals surface area contributed by atoms with E-state index in [-0.39, 0.29) is 5.76 Å². The highest BCUT2D eigenvalue weighted by Crippen LogP contribution is 2.31. The van der Waals surface area contributed by atoms with Crippen LogP contribution in [0.2, 0.25) is 10.0 Å². The van der Waals surface area contributed by atoms with E-state index in [1.165, 1.54) is 7.11 Å². The molecular formula is C16H13Cl2NO2. The molecule has 0 bridgehead atoms. The first-order valence-electron chi connectivity index (χ1n) is 6.13. The molecule has 0 fully saturated rings. The Labute approximate surface area is 132 Å². The molecule has 0 aromatic heterocycles. The summed E-state index contributed by atoms with van der Waals surface area (Å²) in [7, 11) is 1.40. The lowest BCUT2D eigenvalue weighted by Crippen LogP contribution is -2.17. The normalized spacial score (nSPS) is 11.8. The minimum Gasteiger partial charge on any atom is -0.491 e. The molecule has 3 nitrogen and oxygen atoms in total. The number of rotatable bonds is 4. The van der Waals surface area contributed by atoms with Crippen LogP contribution >= 0.6 is 23.2 Å². The number of nitrogens with two attached hydrogens (primary N) is 1. The summed E-state index contributed by atoms with van der Waals surface area (Å²) >= 11 is 12.0. The third-order valence-electron chi connectivity index (χ3n) is 2.93. The molecule has 21 heavy (non-hydrogen) atoms. The van der Waals surface area contributed by atoms with Crippen LogP contribution in [0.1, 0.15) is 11.1 Å². The van der Waals surface area contributed by atoms with Gasteiger partial charge in [-0.3, -0.25) is 4.79 Å². The van der Waals surface area contributed by atoms with Crippen LogP contribution in [0.3, 0.4) is 0 Å². The zero-order chi connectivity index (χ0) is 15.4. The van der Waals surface area contributed by atoms with Crippen LogP contribution < -0.4 is 5.73 Å². The molecule has 0 saturated carbocycles. The van der Waals surface area contributed by atoms with Gasteiger partial charge in [-0.2, -0.15) is 0 Å². The zero-order valence-electron chi connectivity index (χ0n) is 11.3. The van der Waals surface area contributed by atoms with Gasteiger partial charge in [-0.15, -0.1) is 0 Å². The van der Waals surface area contributed by atoms with Crippen molar-refractivity contribution in [3.05, 3.63) is 75.5 Å². The lowest BCUT2D eigenvalue weighted by atomic mass is 9.96. The molecule has 0 unspecified atom stereocenters. The first-order chi connectivity index (χ1) is 10.0. The van der Waals surface area contributed by atoms with Crippen LogP contribution in [0, 0.1) is 0 Å². The predicted octanol–water partition coefficient (Wildman–Crippen LogP) is 3.88. The summed E-state index contributed by atoms with van der Waals surface area (Å²) in [6, 6.07) is 14.4. The lowest BCUT2D eigenvalue weighted by molar-refractivity contribution is -0.117. The van der Waals surface area contributed by atoms with E-state index in [1.807, 2.05) is 30.3 Å². The molecule has 0 aliphatic heterocycles. The number of hydrogen-bond acceptors (Lipinski definition) is 2. The van der Waals surface area contributed by atoms with Gasteiger partial charge >= 0.3 is 0 Å². The van der Waals surface area contributed by atoms with Crippen molar-refractivity contribution in [1.29, 1.82) is 0 Å². The highest BCUT2D eigenvalue weighted by Gasteiger charge is 2.17. The van der Waals surface area contributed by atoms with E-state index >= 15 is 0 Å². The monoisotopic (exact) mass is 321 g/mol. The zero-order valence-corrected chi connectivity index (χ0v) is 12.8. The van der Waals surface area contributed by atoms with Crippen molar-refractivity contribution in [1.82, 2.24) is 0 Å². The highest BCUT2D eigenvalue weighted by atomic mass is 35.5. The topological polar surface area (TPSA) is 52.3 Å². The van der Waals surface area contributed by atoms with Gasteiger partial charge in [-0.25, -0.2) is 0 Å². The van der Waals surface area contributed by atoms with Crippen molar-refractivity contribution in [3.63, 3.8) is 0 Å². The van der Waals surface area contributed by atoms with Crippen LogP contribution in [-0.2, 0) is 9.53 Å². The van der Waals surface area contributed by atoms with Gasteiger partial charge in [0.15, 0.2) is 5.76 Å². The summed E-state index contributed by atoms with van der Waals surface area (Å²) in [6.45, 7) is 0. The highest BCUT2D eigenvalue weighted by molar-refractivity contribution is 6.42. The van der Waals surface area contributed by atoms with E-state index in [4.69, 9.17) is 33.7 Å². The van der Waals surface area contributed by atoms with E-state index in [2.05, 4.69) is 0 Å². The molecule has 0 aliphatic carbocycles. The Morgan fingerprint density at radius 3 is 2.19 bits per heavy atom. The summed E-state index contributed by atoms with van der Waals surface area (Å²) in [5, 5.41) is 0.827. The SMILES string of the molecule is COC(C(N)=O)=C(c1ccccc1)c1ccc(Cl)c(Cl)c1. The average Bonchev–Trinajstić information content (AvgIpc) is 2.48. The lowest BCUT2D eigenvalue weighted by Gasteiger charge is -2.13. The number of benzene rings is 2. The van der Waals surface area contributed by atoms with Crippen LogP contribution in [-0.4, -0.2) is 13.0 Å². The van der Waals surface area contributed by atoms with E-state index in [1.54, 1.807) is 18.2 Å². The molecule has 0 spiro atoms. The Morgan fingerprint density at radius 2 is 1.67 bits per heavy atom. The number of primary amides is 1. The smallest absolute Gasteiger partial charge is 0.284 e. The van der Waals surface area contributed by atoms with Crippen molar-refractivity contribution in [3.8, 4) is 0 Å². The number of carbonyl (C=O) groups is 1. The number of halogens is 2. The molecule has 5 heteroatoms. The van der Waals surface area contributed by atoms with Crippen LogP contribution in [0.25, 0.3) is 5.57 Å². The Morgan fingerprint density at radius 1 is 1.00 bits per heavy atom. The maximum absolute atomic E-state index is 11.7. The van der Waals surface area contributed by atoms with Crippen molar-refractivity contribution < 1.29 is 9.53 Å². The Bertz CT molecular complexity index is 697. The second-order valence-electron chi connectivity index (χ2n) is 4.27. The average molecular weight is 322 g/mol. The van der Waals surface area contributed by atoms with Crippen LogP contribution in [0.4, 0.5) is 0 Å². The van der Waals surface area contributed by atoms with Crippen LogP contribution in [0.5, 0.6) is 0 Å². The van der Waals surface area contributed by atoms with Crippen molar-refractivity contribution in [2.45, 2.75) is 0 Å². The van der Waals surface area contributed by atoms with Gasteiger partial charge < -0.3 is 10.5 Å². The predicted molar refractivity (Wildman–Crippen MR) is 85.1 cm³/mol. The summed E-state index contributed by atoms with van der Waals surface area (Å²) in [4.78, 5) is 11.7. The quantitative estimate of drug-likeness (QED) is 0.686. The van der Waals surface area contributed by atoms with E-state index in [0.29, 0.717) is 21.2 Å². The summed E-state index contributed by atoms with van der Waals surface area (Å²) < 4.78 is 5.18. The Hall–Kier alpha value is -1.97. The first kappa shape index (κ1) is 15.4. The molecule has 0 saturated heterocycles. The van der Waals surface area contributed by atoms with Gasteiger partial charge in [0.25, 0.3) is 5.91 Å². The molecule has 2 aromatic rings. The van der Waals surface area contributed by atoms with Gasteiger partial charge in [-0.05, 0) is 23.3 Å². The molecule has 2 rings (SSSR count). The second kappa shape index (κ2) is 6.66. The maximum atomic E-state index is 11.7. The third-order valence-corrected chi connectivity index (χ3v) is 3.66. The fraction of sp³-hybridized carbons (Fsp3) is 0.0625. The van der Waals surface area contributed by atoms with Gasteiger partial charge in [0.1, 0.15) is 0 Å². The number of ether oxygens (including phenoxy) is 1. The molecule has 0 heterocycles. The van der Waals surface area contributed by atoms with Gasteiger partial charge in [0.2, 0.25) is 0 Å². The Kier molecular flexibility index (Phi) is 4.89. The van der Waals surface area contributed by atoms with Gasteiger partial charge in [-0.1, -0.05) is 59.6 Å². The minimum absolute atomic E-state index is 0.0691. The van der Waals surface area contributed by atoms with Crippen molar-refractivity contribution in [2.24, 2.45) is 5.73 Å². The summed E-state index contributed by atoms with van der Waals surface area (Å²) in [5.74, 6) is -0.581. The summed E-state index contributed by atoms with van der Waals surface area (Å²) in [5.41, 5.74) is 7.48. The molecule has 2 N–H and O–H groups in total. The van der Waals surface area contributed by atoms with Crippen molar-refractivity contribution >= 4 is 34.7 Å². The van der Waals surface area contributed by atoms with E-state index in [0.717, 1.165) is 5.56 Å². The molecule has 0 aliphatic rings. The number of amides is 1. The van der Waals surface area contributed by atoms with Crippen molar-refractivity contribution in [2.75, 3.05) is 7.11 Å². The fourth-order valence-corrected chi connectivity index (χ4v) is 2.31. The number of carbonyl (C=O) groups excluding carboxylic acids is 1. The van der Waals surface area contributed by atoms with Gasteiger partial charge in [0, 0.05) is 5.57 Å². The van der Waals surface area contributed by atoms with E-state index in [9.17, 15) is 4.79 Å².